The minimum atomic E-state index is -0.525. The van der Waals surface area contributed by atoms with Crippen molar-refractivity contribution in [2.75, 3.05) is 19.0 Å². The second-order valence-electron chi connectivity index (χ2n) is 6.84. The lowest BCUT2D eigenvalue weighted by molar-refractivity contribution is 0.0997. The van der Waals surface area contributed by atoms with E-state index in [2.05, 4.69) is 10.3 Å². The molecule has 0 atom stereocenters. The summed E-state index contributed by atoms with van der Waals surface area (Å²) in [4.78, 5) is 39.8. The summed E-state index contributed by atoms with van der Waals surface area (Å²) in [7, 11) is 1.60. The summed E-state index contributed by atoms with van der Waals surface area (Å²) in [5.74, 6) is -0.880. The number of nitrogens with two attached hydrogens (primary N) is 1. The quantitative estimate of drug-likeness (QED) is 0.396. The SMILES string of the molecule is COCCCn1c(=S)[nH]c2cc(C(=O)Nc3ccc(C(N)=O)c(C)c3)ccc2c1=O. The number of aromatic amines is 1. The number of H-pyrrole nitrogens is 1. The predicted octanol–water partition coefficient (Wildman–Crippen LogP) is 2.76. The molecule has 30 heavy (non-hydrogen) atoms. The maximum atomic E-state index is 12.7. The highest BCUT2D eigenvalue weighted by Gasteiger charge is 2.12. The molecule has 1 aromatic heterocycles. The van der Waals surface area contributed by atoms with E-state index in [-0.39, 0.29) is 11.5 Å². The van der Waals surface area contributed by atoms with Crippen LogP contribution in [0.3, 0.4) is 0 Å². The number of amides is 2. The largest absolute Gasteiger partial charge is 0.385 e. The van der Waals surface area contributed by atoms with E-state index in [1.165, 1.54) is 4.57 Å². The van der Waals surface area contributed by atoms with Gasteiger partial charge < -0.3 is 20.8 Å². The van der Waals surface area contributed by atoms with Gasteiger partial charge >= 0.3 is 0 Å². The number of hydrogen-bond acceptors (Lipinski definition) is 5. The highest BCUT2D eigenvalue weighted by molar-refractivity contribution is 7.71. The molecule has 8 nitrogen and oxygen atoms in total. The van der Waals surface area contributed by atoms with Crippen LogP contribution >= 0.6 is 12.2 Å². The van der Waals surface area contributed by atoms with Gasteiger partial charge in [0.1, 0.15) is 0 Å². The van der Waals surface area contributed by atoms with E-state index in [1.54, 1.807) is 50.4 Å². The molecule has 0 aliphatic carbocycles. The van der Waals surface area contributed by atoms with E-state index in [1.807, 2.05) is 0 Å². The zero-order chi connectivity index (χ0) is 21.8. The summed E-state index contributed by atoms with van der Waals surface area (Å²) >= 11 is 5.31. The van der Waals surface area contributed by atoms with Gasteiger partial charge in [-0.05, 0) is 67.5 Å². The summed E-state index contributed by atoms with van der Waals surface area (Å²) in [6.07, 6.45) is 0.661. The first-order valence-electron chi connectivity index (χ1n) is 9.29. The Balaban J connectivity index is 1.88. The van der Waals surface area contributed by atoms with Crippen LogP contribution in [-0.2, 0) is 11.3 Å². The fourth-order valence-corrected chi connectivity index (χ4v) is 3.47. The molecule has 2 amide bonds. The Hall–Kier alpha value is -3.30. The molecule has 3 aromatic rings. The van der Waals surface area contributed by atoms with Crippen LogP contribution in [0.1, 0.15) is 32.7 Å². The lowest BCUT2D eigenvalue weighted by Crippen LogP contribution is -2.23. The molecule has 4 N–H and O–H groups in total. The van der Waals surface area contributed by atoms with Gasteiger partial charge in [0.05, 0.1) is 10.9 Å². The Morgan fingerprint density at radius 1 is 1.23 bits per heavy atom. The summed E-state index contributed by atoms with van der Waals surface area (Å²) in [5.41, 5.74) is 7.53. The van der Waals surface area contributed by atoms with E-state index in [0.717, 1.165) is 0 Å². The highest BCUT2D eigenvalue weighted by atomic mass is 32.1. The van der Waals surface area contributed by atoms with Gasteiger partial charge in [-0.3, -0.25) is 19.0 Å². The van der Waals surface area contributed by atoms with E-state index in [9.17, 15) is 14.4 Å². The van der Waals surface area contributed by atoms with Gasteiger partial charge in [-0.15, -0.1) is 0 Å². The second-order valence-corrected chi connectivity index (χ2v) is 7.23. The molecule has 0 unspecified atom stereocenters. The first kappa shape index (κ1) is 21.4. The maximum Gasteiger partial charge on any atom is 0.262 e. The van der Waals surface area contributed by atoms with Gasteiger partial charge in [-0.1, -0.05) is 0 Å². The van der Waals surface area contributed by atoms with E-state index in [0.29, 0.717) is 57.6 Å². The zero-order valence-corrected chi connectivity index (χ0v) is 17.5. The molecule has 1 heterocycles. The van der Waals surface area contributed by atoms with E-state index >= 15 is 0 Å². The zero-order valence-electron chi connectivity index (χ0n) is 16.7. The number of primary amides is 1. The number of anilines is 1. The number of rotatable bonds is 7. The lowest BCUT2D eigenvalue weighted by Gasteiger charge is -2.10. The number of ether oxygens (including phenoxy) is 1. The Kier molecular flexibility index (Phi) is 6.43. The summed E-state index contributed by atoms with van der Waals surface area (Å²) < 4.78 is 6.80. The molecule has 3 rings (SSSR count). The number of methoxy groups -OCH3 is 1. The monoisotopic (exact) mass is 426 g/mol. The fraction of sp³-hybridized carbons (Fsp3) is 0.238. The molecule has 0 bridgehead atoms. The number of fused-ring (bicyclic) bond motifs is 1. The summed E-state index contributed by atoms with van der Waals surface area (Å²) in [6, 6.07) is 9.62. The third-order valence-electron chi connectivity index (χ3n) is 4.72. The van der Waals surface area contributed by atoms with Crippen molar-refractivity contribution in [3.8, 4) is 0 Å². The van der Waals surface area contributed by atoms with Crippen molar-refractivity contribution in [3.05, 3.63) is 68.2 Å². The fourth-order valence-electron chi connectivity index (χ4n) is 3.19. The molecule has 0 fully saturated rings. The molecule has 0 aliphatic heterocycles. The minimum absolute atomic E-state index is 0.213. The van der Waals surface area contributed by atoms with Crippen LogP contribution in [0, 0.1) is 11.7 Å². The van der Waals surface area contributed by atoms with Gasteiger partial charge in [0.2, 0.25) is 5.91 Å². The summed E-state index contributed by atoms with van der Waals surface area (Å²) in [6.45, 7) is 2.71. The van der Waals surface area contributed by atoms with Crippen LogP contribution < -0.4 is 16.6 Å². The average molecular weight is 426 g/mol. The number of carbonyl (C=O) groups is 2. The molecule has 9 heteroatoms. The number of hydrogen-bond donors (Lipinski definition) is 3. The third kappa shape index (κ3) is 4.47. The van der Waals surface area contributed by atoms with Crippen LogP contribution in [0.4, 0.5) is 5.69 Å². The van der Waals surface area contributed by atoms with Crippen molar-refractivity contribution < 1.29 is 14.3 Å². The van der Waals surface area contributed by atoms with Gasteiger partial charge in [0.25, 0.3) is 11.5 Å². The molecule has 0 aliphatic rings. The lowest BCUT2D eigenvalue weighted by atomic mass is 10.1. The maximum absolute atomic E-state index is 12.7. The predicted molar refractivity (Wildman–Crippen MR) is 118 cm³/mol. The average Bonchev–Trinajstić information content (AvgIpc) is 2.69. The number of nitrogens with zero attached hydrogens (tertiary/aromatic N) is 1. The van der Waals surface area contributed by atoms with Crippen molar-refractivity contribution in [1.82, 2.24) is 9.55 Å². The normalized spacial score (nSPS) is 10.9. The van der Waals surface area contributed by atoms with Gasteiger partial charge in [-0.25, -0.2) is 0 Å². The Morgan fingerprint density at radius 2 is 2.00 bits per heavy atom. The molecule has 0 saturated carbocycles. The number of aromatic nitrogens is 2. The smallest absolute Gasteiger partial charge is 0.262 e. The number of carbonyl (C=O) groups excluding carboxylic acids is 2. The van der Waals surface area contributed by atoms with Gasteiger partial charge in [-0.2, -0.15) is 0 Å². The van der Waals surface area contributed by atoms with Crippen LogP contribution in [0.15, 0.2) is 41.2 Å². The topological polar surface area (TPSA) is 119 Å². The molecular weight excluding hydrogens is 404 g/mol. The van der Waals surface area contributed by atoms with Crippen LogP contribution in [0.25, 0.3) is 10.9 Å². The number of nitrogens with one attached hydrogen (secondary N) is 2. The van der Waals surface area contributed by atoms with Crippen LogP contribution in [-0.4, -0.2) is 35.1 Å². The minimum Gasteiger partial charge on any atom is -0.385 e. The Labute approximate surface area is 177 Å². The standard InChI is InChI=1S/C21H22N4O4S/c1-12-10-14(5-7-15(12)18(22)26)23-19(27)13-4-6-16-17(11-13)24-21(30)25(20(16)28)8-3-9-29-2/h4-7,10-11H,3,8-9H2,1-2H3,(H2,22,26)(H,23,27)(H,24,30). The van der Waals surface area contributed by atoms with Crippen molar-refractivity contribution >= 4 is 40.6 Å². The summed E-state index contributed by atoms with van der Waals surface area (Å²) in [5, 5.41) is 3.22. The van der Waals surface area contributed by atoms with E-state index < -0.39 is 5.91 Å². The van der Waals surface area contributed by atoms with Gasteiger partial charge in [0, 0.05) is 37.1 Å². The highest BCUT2D eigenvalue weighted by Crippen LogP contribution is 2.17. The van der Waals surface area contributed by atoms with Crippen LogP contribution in [0.5, 0.6) is 0 Å². The van der Waals surface area contributed by atoms with Crippen molar-refractivity contribution in [1.29, 1.82) is 0 Å². The number of benzene rings is 2. The molecule has 0 saturated heterocycles. The van der Waals surface area contributed by atoms with Crippen LogP contribution in [0.2, 0.25) is 0 Å². The third-order valence-corrected chi connectivity index (χ3v) is 5.05. The molecule has 156 valence electrons. The second kappa shape index (κ2) is 9.02. The van der Waals surface area contributed by atoms with Gasteiger partial charge in [0.15, 0.2) is 4.77 Å². The Morgan fingerprint density at radius 3 is 2.67 bits per heavy atom. The Bertz CT molecular complexity index is 1250. The van der Waals surface area contributed by atoms with Crippen molar-refractivity contribution in [2.45, 2.75) is 19.9 Å². The first-order chi connectivity index (χ1) is 14.3. The number of aryl methyl sites for hydroxylation is 1. The van der Waals surface area contributed by atoms with Crippen molar-refractivity contribution in [2.24, 2.45) is 5.73 Å². The molecule has 0 spiro atoms. The van der Waals surface area contributed by atoms with E-state index in [4.69, 9.17) is 22.7 Å². The molecule has 0 radical (unpaired) electrons. The molecular formula is C21H22N4O4S. The first-order valence-corrected chi connectivity index (χ1v) is 9.70. The van der Waals surface area contributed by atoms with Crippen molar-refractivity contribution in [3.63, 3.8) is 0 Å². The molecule has 2 aromatic carbocycles.